The third-order valence-electron chi connectivity index (χ3n) is 22.4. The highest BCUT2D eigenvalue weighted by Crippen LogP contribution is 2.42. The van der Waals surface area contributed by atoms with Gasteiger partial charge in [-0.1, -0.05) is 350 Å². The molecule has 0 aromatic rings. The molecule has 13 atom stereocenters. The molecule has 2 heterocycles. The molecule has 0 aromatic heterocycles. The van der Waals surface area contributed by atoms with Crippen LogP contribution in [0.15, 0.2) is 0 Å². The topological polar surface area (TPSA) is 339 Å². The number of phosphoric acid groups is 1. The largest absolute Gasteiger partial charge is 0.470 e. The van der Waals surface area contributed by atoms with Gasteiger partial charge in [0.1, 0.15) is 49.3 Å². The number of aliphatic hydroxyl groups is 4. The van der Waals surface area contributed by atoms with Gasteiger partial charge in [0.2, 0.25) is 11.8 Å². The van der Waals surface area contributed by atoms with Crippen LogP contribution >= 0.6 is 7.82 Å². The summed E-state index contributed by atoms with van der Waals surface area (Å²) in [5, 5.41) is 51.0. The standard InChI is InChI=1S/C90H168N2O21P/c1-7-13-19-25-31-36-42-47-53-59-72(94)65-83(100)111-87-76(91-79(96)67-74(61-55-49-44-38-33-27-21-15-9-3)108-81(98)63-57-51-41-30-24-18-12-6)70-106-78(88(87)113-114(103,104)105)71-107-90-85(89(86(102)77(69-93)110-90)112-84(101)66-73(95)60-54-48-43-37-32-26-20-14-8-2)92-80(97)68-75(62-56-50-45-39-34-28-22-16-10-4)109-82(99)64-58-52-46-40-35-29-23-17-11-5/h70,72-78,85-90,93-95,102H,7-69,71H2,1-6H3,(H,91,96)(H,92,97)(H2,103,104,105)/t72-,73-,74-,75-,76-,77-,78+,85-,86-,87+,88+,89-,90-/m1/s1. The molecule has 669 valence electrons. The van der Waals surface area contributed by atoms with Crippen molar-refractivity contribution in [2.45, 2.75) is 519 Å². The Morgan fingerprint density at radius 3 is 1.05 bits per heavy atom. The van der Waals surface area contributed by atoms with Crippen molar-refractivity contribution < 1.29 is 101 Å². The highest BCUT2D eigenvalue weighted by molar-refractivity contribution is 7.46. The van der Waals surface area contributed by atoms with E-state index in [1.54, 1.807) is 0 Å². The van der Waals surface area contributed by atoms with E-state index < -0.39 is 149 Å². The lowest BCUT2D eigenvalue weighted by atomic mass is 9.95. The van der Waals surface area contributed by atoms with Crippen LogP contribution in [0.3, 0.4) is 0 Å². The fourth-order valence-corrected chi connectivity index (χ4v) is 16.0. The van der Waals surface area contributed by atoms with Crippen molar-refractivity contribution in [3.63, 3.8) is 0 Å². The molecule has 8 N–H and O–H groups in total. The molecule has 0 bridgehead atoms. The van der Waals surface area contributed by atoms with Crippen molar-refractivity contribution in [3.8, 4) is 0 Å². The molecule has 2 saturated heterocycles. The first kappa shape index (κ1) is 107. The number of hydrogen-bond donors (Lipinski definition) is 8. The molecule has 2 aliphatic rings. The zero-order valence-electron chi connectivity index (χ0n) is 72.6. The van der Waals surface area contributed by atoms with E-state index in [9.17, 15) is 63.5 Å². The Hall–Kier alpha value is -3.35. The van der Waals surface area contributed by atoms with Gasteiger partial charge in [-0.3, -0.25) is 33.3 Å². The van der Waals surface area contributed by atoms with Gasteiger partial charge >= 0.3 is 31.7 Å². The van der Waals surface area contributed by atoms with E-state index in [4.69, 9.17) is 37.7 Å². The summed E-state index contributed by atoms with van der Waals surface area (Å²) >= 11 is 0. The number of phosphoric ester groups is 1. The van der Waals surface area contributed by atoms with Crippen molar-refractivity contribution in [1.82, 2.24) is 10.6 Å². The van der Waals surface area contributed by atoms with Gasteiger partial charge in [0.25, 0.3) is 0 Å². The summed E-state index contributed by atoms with van der Waals surface area (Å²) in [6.45, 7) is 12.5. The van der Waals surface area contributed by atoms with Crippen molar-refractivity contribution in [1.29, 1.82) is 0 Å². The Bertz CT molecular complexity index is 2410. The lowest BCUT2D eigenvalue weighted by Crippen LogP contribution is -2.66. The molecule has 0 aromatic carbocycles. The van der Waals surface area contributed by atoms with Crippen LogP contribution in [0.4, 0.5) is 0 Å². The van der Waals surface area contributed by atoms with E-state index >= 15 is 0 Å². The molecule has 2 amide bonds. The van der Waals surface area contributed by atoms with Crippen molar-refractivity contribution in [2.24, 2.45) is 0 Å². The van der Waals surface area contributed by atoms with Crippen LogP contribution in [-0.2, 0) is 71.0 Å². The predicted octanol–water partition coefficient (Wildman–Crippen LogP) is 19.8. The minimum Gasteiger partial charge on any atom is -0.462 e. The Balaban J connectivity index is 2.67. The summed E-state index contributed by atoms with van der Waals surface area (Å²) < 4.78 is 61.9. The second-order valence-electron chi connectivity index (χ2n) is 33.3. The Kier molecular flexibility index (Phi) is 66.8. The Morgan fingerprint density at radius 2 is 0.711 bits per heavy atom. The summed E-state index contributed by atoms with van der Waals surface area (Å²) in [6.07, 6.45) is 37.3. The molecular weight excluding hydrogens is 1480 g/mol. The van der Waals surface area contributed by atoms with Gasteiger partial charge < -0.3 is 74.0 Å². The first-order valence-corrected chi connectivity index (χ1v) is 48.3. The predicted molar refractivity (Wildman–Crippen MR) is 449 cm³/mol. The second kappa shape index (κ2) is 71.4. The van der Waals surface area contributed by atoms with Crippen LogP contribution in [0.1, 0.15) is 440 Å². The number of hydrogen-bond acceptors (Lipinski definition) is 19. The number of unbranched alkanes of at least 4 members (excludes halogenated alkanes) is 46. The summed E-state index contributed by atoms with van der Waals surface area (Å²) in [7, 11) is -5.61. The normalized spacial score (nSPS) is 20.2. The van der Waals surface area contributed by atoms with Crippen LogP contribution in [-0.4, -0.2) is 159 Å². The van der Waals surface area contributed by atoms with Crippen molar-refractivity contribution in [2.75, 3.05) is 13.2 Å². The minimum atomic E-state index is -5.61. The van der Waals surface area contributed by atoms with Crippen LogP contribution in [0, 0.1) is 6.61 Å². The van der Waals surface area contributed by atoms with Crippen LogP contribution in [0.2, 0.25) is 0 Å². The number of amides is 2. The number of carbonyl (C=O) groups excluding carboxylic acids is 6. The zero-order chi connectivity index (χ0) is 83.5. The number of esters is 4. The van der Waals surface area contributed by atoms with E-state index in [1.165, 1.54) is 83.5 Å². The number of nitrogens with one attached hydrogen (secondary N) is 2. The molecule has 1 radical (unpaired) electrons. The van der Waals surface area contributed by atoms with Gasteiger partial charge in [-0.2, -0.15) is 0 Å². The van der Waals surface area contributed by atoms with E-state index in [-0.39, 0.29) is 38.5 Å². The molecule has 2 aliphatic heterocycles. The van der Waals surface area contributed by atoms with Gasteiger partial charge in [0, 0.05) is 12.8 Å². The highest BCUT2D eigenvalue weighted by Gasteiger charge is 2.52. The molecule has 0 unspecified atom stereocenters. The lowest BCUT2D eigenvalue weighted by molar-refractivity contribution is -0.282. The number of aliphatic hydroxyl groups excluding tert-OH is 4. The molecule has 114 heavy (non-hydrogen) atoms. The molecule has 0 spiro atoms. The van der Waals surface area contributed by atoms with Gasteiger partial charge in [-0.05, 0) is 51.4 Å². The molecule has 0 saturated carbocycles. The maximum Gasteiger partial charge on any atom is 0.470 e. The summed E-state index contributed by atoms with van der Waals surface area (Å²) in [6, 6.07) is -3.12. The lowest BCUT2D eigenvalue weighted by Gasteiger charge is -2.45. The maximum absolute atomic E-state index is 14.8. The summed E-state index contributed by atoms with van der Waals surface area (Å²) in [4.78, 5) is 106. The molecule has 24 heteroatoms. The highest BCUT2D eigenvalue weighted by atomic mass is 31.2. The van der Waals surface area contributed by atoms with Gasteiger partial charge in [-0.25, -0.2) is 4.57 Å². The fourth-order valence-electron chi connectivity index (χ4n) is 15.5. The van der Waals surface area contributed by atoms with Crippen LogP contribution < -0.4 is 10.6 Å². The summed E-state index contributed by atoms with van der Waals surface area (Å²) in [5.41, 5.74) is 0. The average Bonchev–Trinajstić information content (AvgIpc) is 0.792. The van der Waals surface area contributed by atoms with Crippen LogP contribution in [0.25, 0.3) is 0 Å². The molecular formula is C90H168N2O21P. The monoisotopic (exact) mass is 1640 g/mol. The first-order valence-electron chi connectivity index (χ1n) is 46.7. The SMILES string of the molecule is CCCCCCCCCCCC(=O)O[C@H](CCCCCCCCCCC)CC(=O)N[C@H]1[C@H](OC[C@@H]2O[CH][C@@H](NC(=O)C[C@@H](CCCCCCCCCCC)OC(=O)CCCCCCCCC)[C@H](OC(=O)C[C@H](O)CCCCCCCCCCC)[C@H]2OP(=O)(O)O)O[C@H](CO)[C@@H](O)[C@@H]1OC(=O)C[C@H](O)CCCCCCCCCCC. The first-order chi connectivity index (χ1) is 55.2. The van der Waals surface area contributed by atoms with Gasteiger partial charge in [0.15, 0.2) is 18.5 Å². The molecule has 23 nitrogen and oxygen atoms in total. The van der Waals surface area contributed by atoms with Gasteiger partial charge in [0.05, 0.1) is 57.1 Å². The third kappa shape index (κ3) is 56.2. The maximum atomic E-state index is 14.8. The average molecular weight is 1650 g/mol. The molecule has 2 fully saturated rings. The number of ether oxygens (including phenoxy) is 7. The van der Waals surface area contributed by atoms with Crippen molar-refractivity contribution >= 4 is 43.5 Å². The van der Waals surface area contributed by atoms with E-state index in [0.29, 0.717) is 51.4 Å². The Labute approximate surface area is 690 Å². The van der Waals surface area contributed by atoms with Crippen molar-refractivity contribution in [3.05, 3.63) is 6.61 Å². The van der Waals surface area contributed by atoms with E-state index in [1.807, 2.05) is 0 Å². The Morgan fingerprint density at radius 1 is 0.395 bits per heavy atom. The fraction of sp³-hybridized carbons (Fsp3) is 0.922. The minimum absolute atomic E-state index is 0.161. The van der Waals surface area contributed by atoms with E-state index in [2.05, 4.69) is 52.2 Å². The zero-order valence-corrected chi connectivity index (χ0v) is 73.5. The quantitative estimate of drug-likeness (QED) is 0.0121. The summed E-state index contributed by atoms with van der Waals surface area (Å²) in [5.74, 6) is -4.21. The number of carbonyl (C=O) groups is 6. The molecule has 2 rings (SSSR count). The second-order valence-corrected chi connectivity index (χ2v) is 34.5. The number of rotatable bonds is 78. The van der Waals surface area contributed by atoms with Crippen LogP contribution in [0.5, 0.6) is 0 Å². The molecule has 0 aliphatic carbocycles. The third-order valence-corrected chi connectivity index (χ3v) is 22.9. The smallest absolute Gasteiger partial charge is 0.462 e. The van der Waals surface area contributed by atoms with E-state index in [0.717, 1.165) is 218 Å². The van der Waals surface area contributed by atoms with Gasteiger partial charge in [-0.15, -0.1) is 0 Å².